The van der Waals surface area contributed by atoms with E-state index in [9.17, 15) is 0 Å². The molecule has 4 heteroatoms. The minimum absolute atomic E-state index is 0.833. The monoisotopic (exact) mass is 935 g/mol. The molecule has 0 fully saturated rings. The largest absolute Gasteiger partial charge is 0.253 e. The third kappa shape index (κ3) is 17.8. The molecule has 0 spiro atoms. The van der Waals surface area contributed by atoms with Gasteiger partial charge in [0, 0.05) is 23.0 Å². The lowest BCUT2D eigenvalue weighted by Crippen LogP contribution is -2.05. The van der Waals surface area contributed by atoms with Gasteiger partial charge in [0.1, 0.15) is 0 Å². The Bertz CT molecular complexity index is 2700. The van der Waals surface area contributed by atoms with Crippen molar-refractivity contribution in [2.24, 2.45) is 15.0 Å². The molecular formula is C63H58BrN3. The van der Waals surface area contributed by atoms with Crippen molar-refractivity contribution in [2.45, 2.75) is 40.5 Å². The summed E-state index contributed by atoms with van der Waals surface area (Å²) >= 11 is 3.35. The topological polar surface area (TPSA) is 37.1 Å². The van der Waals surface area contributed by atoms with E-state index < -0.39 is 0 Å². The predicted molar refractivity (Wildman–Crippen MR) is 292 cm³/mol. The van der Waals surface area contributed by atoms with E-state index in [0.717, 1.165) is 51.5 Å². The minimum Gasteiger partial charge on any atom is -0.253 e. The van der Waals surface area contributed by atoms with Gasteiger partial charge in [-0.05, 0) is 104 Å². The normalized spacial score (nSPS) is 11.1. The maximum absolute atomic E-state index is 4.86. The second-order valence-electron chi connectivity index (χ2n) is 16.0. The number of hydrogen-bond acceptors (Lipinski definition) is 3. The lowest BCUT2D eigenvalue weighted by Gasteiger charge is -2.08. The minimum atomic E-state index is 0.833. The molecule has 0 N–H and O–H groups in total. The van der Waals surface area contributed by atoms with Crippen molar-refractivity contribution in [3.63, 3.8) is 0 Å². The van der Waals surface area contributed by atoms with E-state index in [0.29, 0.717) is 0 Å². The van der Waals surface area contributed by atoms with Crippen LogP contribution in [0.4, 0.5) is 17.1 Å². The molecule has 0 aliphatic carbocycles. The first-order valence-electron chi connectivity index (χ1n) is 22.6. The van der Waals surface area contributed by atoms with E-state index in [1.807, 2.05) is 140 Å². The van der Waals surface area contributed by atoms with E-state index >= 15 is 0 Å². The van der Waals surface area contributed by atoms with Crippen LogP contribution in [0.5, 0.6) is 0 Å². The molecule has 332 valence electrons. The van der Waals surface area contributed by atoms with Crippen LogP contribution in [0.3, 0.4) is 0 Å². The highest BCUT2D eigenvalue weighted by Gasteiger charge is 2.07. The van der Waals surface area contributed by atoms with E-state index in [4.69, 9.17) is 9.98 Å². The SMILES string of the molecule is CC(=Nc1ccccc1)c1ccccc1.Cc1ccc(Br)cc1.Cc1ccc(CC(=Nc2ccccc2)c2ccccc2)cc1.Cc1ccc(CC(=Nc2ccccc2)c2ccccc2)cc1. The van der Waals surface area contributed by atoms with Crippen LogP contribution in [0.1, 0.15) is 51.4 Å². The fraction of sp³-hybridized carbons (Fsp3) is 0.0952. The standard InChI is InChI=1S/2C21H19N.C14H13N.C7H7Br/c2*1-17-12-14-18(15-13-17)16-21(19-8-4-2-5-9-19)22-20-10-6-3-7-11-20;1-12(13-8-4-2-5-9-13)15-14-10-6-3-7-11-14;1-6-2-4-7(8)5-3-6/h2*2-15H,16H2,1H3;2-11H,1H3;2-5H,1H3. The molecule has 0 saturated carbocycles. The Kier molecular flexibility index (Phi) is 19.8. The number of aliphatic imine (C=N–C) groups is 3. The fourth-order valence-electron chi connectivity index (χ4n) is 6.76. The number of aryl methyl sites for hydroxylation is 3. The number of hydrogen-bond donors (Lipinski definition) is 0. The maximum atomic E-state index is 4.86. The number of rotatable bonds is 10. The van der Waals surface area contributed by atoms with Crippen LogP contribution in [0.2, 0.25) is 0 Å². The van der Waals surface area contributed by atoms with Crippen molar-refractivity contribution in [2.75, 3.05) is 0 Å². The van der Waals surface area contributed by atoms with Gasteiger partial charge >= 0.3 is 0 Å². The molecule has 0 saturated heterocycles. The summed E-state index contributed by atoms with van der Waals surface area (Å²) in [4.78, 5) is 14.3. The molecule has 0 aliphatic heterocycles. The second-order valence-corrected chi connectivity index (χ2v) is 17.0. The van der Waals surface area contributed by atoms with Gasteiger partial charge in [-0.2, -0.15) is 0 Å². The summed E-state index contributed by atoms with van der Waals surface area (Å²) in [6.45, 7) is 8.33. The molecule has 0 atom stereocenters. The van der Waals surface area contributed by atoms with Crippen LogP contribution in [0.15, 0.2) is 274 Å². The third-order valence-electron chi connectivity index (χ3n) is 10.5. The Hall–Kier alpha value is -7.53. The van der Waals surface area contributed by atoms with Crippen LogP contribution in [-0.2, 0) is 12.8 Å². The van der Waals surface area contributed by atoms with Crippen molar-refractivity contribution >= 4 is 50.1 Å². The van der Waals surface area contributed by atoms with Gasteiger partial charge in [-0.25, -0.2) is 0 Å². The highest BCUT2D eigenvalue weighted by molar-refractivity contribution is 9.10. The smallest absolute Gasteiger partial charge is 0.0633 e. The third-order valence-corrected chi connectivity index (χ3v) is 11.0. The molecule has 0 heterocycles. The molecular weight excluding hydrogens is 879 g/mol. The quantitative estimate of drug-likeness (QED) is 0.123. The number of benzene rings is 9. The lowest BCUT2D eigenvalue weighted by atomic mass is 10.0. The Labute approximate surface area is 407 Å². The predicted octanol–water partition coefficient (Wildman–Crippen LogP) is 17.3. The molecule has 0 aromatic heterocycles. The summed E-state index contributed by atoms with van der Waals surface area (Å²) in [5.74, 6) is 0. The highest BCUT2D eigenvalue weighted by atomic mass is 79.9. The van der Waals surface area contributed by atoms with Crippen LogP contribution in [0.25, 0.3) is 0 Å². The molecule has 0 aliphatic rings. The van der Waals surface area contributed by atoms with Gasteiger partial charge in [0.25, 0.3) is 0 Å². The van der Waals surface area contributed by atoms with E-state index in [1.54, 1.807) is 0 Å². The zero-order valence-electron chi connectivity index (χ0n) is 38.9. The van der Waals surface area contributed by atoms with E-state index in [2.05, 4.69) is 163 Å². The Morgan fingerprint density at radius 1 is 0.313 bits per heavy atom. The summed E-state index contributed by atoms with van der Waals surface area (Å²) in [5.41, 5.74) is 16.2. The van der Waals surface area contributed by atoms with E-state index in [-0.39, 0.29) is 0 Å². The molecule has 3 nitrogen and oxygen atoms in total. The Morgan fingerprint density at radius 3 is 0.896 bits per heavy atom. The number of nitrogens with zero attached hydrogens (tertiary/aromatic N) is 3. The molecule has 0 amide bonds. The Balaban J connectivity index is 0.000000155. The molecule has 9 rings (SSSR count). The lowest BCUT2D eigenvalue weighted by molar-refractivity contribution is 1.28. The van der Waals surface area contributed by atoms with Gasteiger partial charge in [-0.1, -0.05) is 239 Å². The summed E-state index contributed by atoms with van der Waals surface area (Å²) in [6.07, 6.45) is 1.67. The van der Waals surface area contributed by atoms with Crippen LogP contribution in [-0.4, -0.2) is 17.1 Å². The van der Waals surface area contributed by atoms with Crippen molar-refractivity contribution in [3.8, 4) is 0 Å². The molecule has 0 bridgehead atoms. The number of halogens is 1. The summed E-state index contributed by atoms with van der Waals surface area (Å²) in [6, 6.07) is 86.8. The summed E-state index contributed by atoms with van der Waals surface area (Å²) in [7, 11) is 0. The van der Waals surface area contributed by atoms with E-state index in [1.165, 1.54) is 44.5 Å². The van der Waals surface area contributed by atoms with Gasteiger partial charge in [0.15, 0.2) is 0 Å². The van der Waals surface area contributed by atoms with Gasteiger partial charge in [-0.3, -0.25) is 15.0 Å². The molecule has 0 radical (unpaired) electrons. The van der Waals surface area contributed by atoms with Gasteiger partial charge in [0.2, 0.25) is 0 Å². The second kappa shape index (κ2) is 27.1. The van der Waals surface area contributed by atoms with Gasteiger partial charge in [-0.15, -0.1) is 0 Å². The summed E-state index contributed by atoms with van der Waals surface area (Å²) < 4.78 is 1.14. The maximum Gasteiger partial charge on any atom is 0.0633 e. The first-order valence-corrected chi connectivity index (χ1v) is 23.4. The molecule has 0 unspecified atom stereocenters. The zero-order chi connectivity index (χ0) is 46.9. The van der Waals surface area contributed by atoms with Crippen molar-refractivity contribution in [3.05, 3.63) is 304 Å². The summed E-state index contributed by atoms with van der Waals surface area (Å²) in [5, 5.41) is 0. The van der Waals surface area contributed by atoms with Crippen molar-refractivity contribution in [1.82, 2.24) is 0 Å². The van der Waals surface area contributed by atoms with Gasteiger partial charge in [0.05, 0.1) is 28.5 Å². The van der Waals surface area contributed by atoms with Crippen LogP contribution < -0.4 is 0 Å². The van der Waals surface area contributed by atoms with Crippen molar-refractivity contribution < 1.29 is 0 Å². The first-order chi connectivity index (χ1) is 32.8. The zero-order valence-corrected chi connectivity index (χ0v) is 40.5. The molecule has 67 heavy (non-hydrogen) atoms. The Morgan fingerprint density at radius 2 is 0.582 bits per heavy atom. The van der Waals surface area contributed by atoms with Crippen LogP contribution >= 0.6 is 15.9 Å². The average Bonchev–Trinajstić information content (AvgIpc) is 3.38. The van der Waals surface area contributed by atoms with Crippen molar-refractivity contribution in [1.29, 1.82) is 0 Å². The number of para-hydroxylation sites is 3. The highest BCUT2D eigenvalue weighted by Crippen LogP contribution is 2.19. The van der Waals surface area contributed by atoms with Crippen LogP contribution in [0, 0.1) is 20.8 Å². The average molecular weight is 937 g/mol. The fourth-order valence-corrected chi connectivity index (χ4v) is 7.03. The molecule has 9 aromatic rings. The van der Waals surface area contributed by atoms with Gasteiger partial charge < -0.3 is 0 Å². The first kappa shape index (κ1) is 48.9. The molecule has 9 aromatic carbocycles.